The van der Waals surface area contributed by atoms with Gasteiger partial charge >= 0.3 is 0 Å². The molecule has 2 aromatic rings. The maximum absolute atomic E-state index is 4.21. The highest BCUT2D eigenvalue weighted by Crippen LogP contribution is 2.28. The van der Waals surface area contributed by atoms with Crippen molar-refractivity contribution in [3.63, 3.8) is 0 Å². The van der Waals surface area contributed by atoms with Crippen LogP contribution in [-0.4, -0.2) is 16.5 Å². The number of aromatic nitrogens is 2. The van der Waals surface area contributed by atoms with Gasteiger partial charge in [-0.25, -0.2) is 9.97 Å². The van der Waals surface area contributed by atoms with E-state index in [0.29, 0.717) is 0 Å². The largest absolute Gasteiger partial charge is 0.370 e. The highest BCUT2D eigenvalue weighted by molar-refractivity contribution is 9.11. The van der Waals surface area contributed by atoms with Crippen LogP contribution in [-0.2, 0) is 0 Å². The lowest BCUT2D eigenvalue weighted by Crippen LogP contribution is -2.03. The first kappa shape index (κ1) is 14.3. The number of benzene rings is 1. The van der Waals surface area contributed by atoms with Crippen LogP contribution in [0.4, 0.5) is 17.3 Å². The minimum absolute atomic E-state index is 0.761. The van der Waals surface area contributed by atoms with Gasteiger partial charge in [0.05, 0.1) is 5.69 Å². The van der Waals surface area contributed by atoms with Gasteiger partial charge in [-0.15, -0.1) is 0 Å². The second-order valence-corrected chi connectivity index (χ2v) is 5.73. The minimum Gasteiger partial charge on any atom is -0.370 e. The monoisotopic (exact) mass is 384 g/mol. The third-order valence-corrected chi connectivity index (χ3v) is 3.57. The molecule has 0 bridgehead atoms. The molecule has 100 valence electrons. The molecule has 0 saturated carbocycles. The van der Waals surface area contributed by atoms with Gasteiger partial charge in [0.2, 0.25) is 0 Å². The van der Waals surface area contributed by atoms with E-state index in [2.05, 4.69) is 59.4 Å². The molecule has 0 amide bonds. The number of hydrogen-bond donors (Lipinski definition) is 2. The Morgan fingerprint density at radius 3 is 2.63 bits per heavy atom. The van der Waals surface area contributed by atoms with Gasteiger partial charge in [0.25, 0.3) is 0 Å². The van der Waals surface area contributed by atoms with Gasteiger partial charge in [0.15, 0.2) is 0 Å². The third-order valence-electron chi connectivity index (χ3n) is 2.42. The molecule has 0 fully saturated rings. The molecule has 2 rings (SSSR count). The second kappa shape index (κ2) is 6.86. The molecule has 1 aromatic heterocycles. The molecule has 0 atom stereocenters. The molecule has 0 unspecified atom stereocenters. The van der Waals surface area contributed by atoms with Crippen LogP contribution in [0.5, 0.6) is 0 Å². The van der Waals surface area contributed by atoms with Gasteiger partial charge in [-0.05, 0) is 40.5 Å². The Labute approximate surface area is 129 Å². The maximum Gasteiger partial charge on any atom is 0.135 e. The van der Waals surface area contributed by atoms with Crippen LogP contribution in [0.2, 0.25) is 0 Å². The summed E-state index contributed by atoms with van der Waals surface area (Å²) in [5, 5.41) is 6.49. The predicted molar refractivity (Wildman–Crippen MR) is 85.9 cm³/mol. The smallest absolute Gasteiger partial charge is 0.135 e. The zero-order valence-electron chi connectivity index (χ0n) is 10.5. The fraction of sp³-hybridized carbons (Fsp3) is 0.231. The summed E-state index contributed by atoms with van der Waals surface area (Å²) in [4.78, 5) is 8.39. The number of halogens is 2. The first-order valence-corrected chi connectivity index (χ1v) is 7.55. The minimum atomic E-state index is 0.761. The molecule has 19 heavy (non-hydrogen) atoms. The summed E-state index contributed by atoms with van der Waals surface area (Å²) < 4.78 is 2.00. The highest BCUT2D eigenvalue weighted by atomic mass is 79.9. The molecule has 2 N–H and O–H groups in total. The van der Waals surface area contributed by atoms with Gasteiger partial charge in [0, 0.05) is 21.6 Å². The quantitative estimate of drug-likeness (QED) is 0.791. The first-order chi connectivity index (χ1) is 9.19. The van der Waals surface area contributed by atoms with Crippen LogP contribution in [0.25, 0.3) is 0 Å². The fourth-order valence-corrected chi connectivity index (χ4v) is 2.65. The molecular weight excluding hydrogens is 372 g/mol. The van der Waals surface area contributed by atoms with Crippen LogP contribution in [0, 0.1) is 0 Å². The summed E-state index contributed by atoms with van der Waals surface area (Å²) in [5.74, 6) is 1.59. The Morgan fingerprint density at radius 1 is 1.11 bits per heavy atom. The number of hydrogen-bond acceptors (Lipinski definition) is 4. The average Bonchev–Trinajstić information content (AvgIpc) is 2.40. The molecule has 0 aliphatic rings. The first-order valence-electron chi connectivity index (χ1n) is 5.97. The molecular formula is C13H14Br2N4. The van der Waals surface area contributed by atoms with Crippen molar-refractivity contribution in [3.8, 4) is 0 Å². The van der Waals surface area contributed by atoms with E-state index in [1.54, 1.807) is 6.33 Å². The van der Waals surface area contributed by atoms with Crippen molar-refractivity contribution in [2.45, 2.75) is 13.3 Å². The van der Waals surface area contributed by atoms with Crippen LogP contribution >= 0.6 is 31.9 Å². The van der Waals surface area contributed by atoms with Gasteiger partial charge in [-0.3, -0.25) is 0 Å². The second-order valence-electron chi connectivity index (χ2n) is 3.96. The molecule has 0 aliphatic carbocycles. The van der Waals surface area contributed by atoms with Crippen molar-refractivity contribution in [1.82, 2.24) is 9.97 Å². The molecule has 0 saturated heterocycles. The molecule has 4 nitrogen and oxygen atoms in total. The third kappa shape index (κ3) is 4.18. The van der Waals surface area contributed by atoms with Crippen LogP contribution in [0.1, 0.15) is 13.3 Å². The van der Waals surface area contributed by atoms with E-state index in [-0.39, 0.29) is 0 Å². The number of nitrogens with zero attached hydrogens (tertiary/aromatic N) is 2. The average molecular weight is 386 g/mol. The van der Waals surface area contributed by atoms with E-state index in [1.165, 1.54) is 0 Å². The van der Waals surface area contributed by atoms with Crippen LogP contribution in [0.15, 0.2) is 39.5 Å². The number of rotatable bonds is 5. The number of anilines is 3. The molecule has 1 heterocycles. The van der Waals surface area contributed by atoms with Crippen molar-refractivity contribution >= 4 is 49.2 Å². The van der Waals surface area contributed by atoms with Gasteiger partial charge in [-0.2, -0.15) is 0 Å². The Balaban J connectivity index is 2.14. The molecule has 0 aliphatic heterocycles. The van der Waals surface area contributed by atoms with E-state index in [1.807, 2.05) is 24.3 Å². The summed E-state index contributed by atoms with van der Waals surface area (Å²) in [5.41, 5.74) is 0.961. The Morgan fingerprint density at radius 2 is 1.89 bits per heavy atom. The van der Waals surface area contributed by atoms with Crippen molar-refractivity contribution in [2.75, 3.05) is 17.2 Å². The zero-order valence-corrected chi connectivity index (χ0v) is 13.6. The van der Waals surface area contributed by atoms with Crippen molar-refractivity contribution in [3.05, 3.63) is 39.5 Å². The van der Waals surface area contributed by atoms with Crippen molar-refractivity contribution in [1.29, 1.82) is 0 Å². The number of nitrogens with one attached hydrogen (secondary N) is 2. The van der Waals surface area contributed by atoms with E-state index >= 15 is 0 Å². The van der Waals surface area contributed by atoms with E-state index in [4.69, 9.17) is 0 Å². The molecule has 1 aromatic carbocycles. The summed E-state index contributed by atoms with van der Waals surface area (Å²) in [7, 11) is 0. The summed E-state index contributed by atoms with van der Waals surface area (Å²) >= 11 is 6.94. The Bertz CT molecular complexity index is 560. The summed E-state index contributed by atoms with van der Waals surface area (Å²) in [6.07, 6.45) is 2.61. The maximum atomic E-state index is 4.21. The fourth-order valence-electron chi connectivity index (χ4n) is 1.50. The van der Waals surface area contributed by atoms with E-state index < -0.39 is 0 Å². The lowest BCUT2D eigenvalue weighted by molar-refractivity contribution is 0.965. The predicted octanol–water partition coefficient (Wildman–Crippen LogP) is 4.57. The SMILES string of the molecule is CCCNc1cc(Nc2ccc(Br)cc2Br)ncn1. The van der Waals surface area contributed by atoms with E-state index in [0.717, 1.165) is 39.2 Å². The standard InChI is InChI=1S/C13H14Br2N4/c1-2-5-16-12-7-13(18-8-17-12)19-11-4-3-9(14)6-10(11)15/h3-4,6-8H,2,5H2,1H3,(H2,16,17,18,19). The van der Waals surface area contributed by atoms with E-state index in [9.17, 15) is 0 Å². The van der Waals surface area contributed by atoms with Gasteiger partial charge in [0.1, 0.15) is 18.0 Å². The lowest BCUT2D eigenvalue weighted by atomic mass is 10.3. The normalized spacial score (nSPS) is 10.3. The summed E-state index contributed by atoms with van der Waals surface area (Å²) in [6, 6.07) is 7.84. The Kier molecular flexibility index (Phi) is 5.15. The Hall–Kier alpha value is -1.14. The topological polar surface area (TPSA) is 49.8 Å². The van der Waals surface area contributed by atoms with Crippen LogP contribution < -0.4 is 10.6 Å². The summed E-state index contributed by atoms with van der Waals surface area (Å²) in [6.45, 7) is 3.02. The zero-order chi connectivity index (χ0) is 13.7. The highest BCUT2D eigenvalue weighted by Gasteiger charge is 2.03. The van der Waals surface area contributed by atoms with Crippen LogP contribution in [0.3, 0.4) is 0 Å². The van der Waals surface area contributed by atoms with Crippen molar-refractivity contribution < 1.29 is 0 Å². The molecule has 6 heteroatoms. The van der Waals surface area contributed by atoms with Gasteiger partial charge in [-0.1, -0.05) is 22.9 Å². The van der Waals surface area contributed by atoms with Crippen molar-refractivity contribution in [2.24, 2.45) is 0 Å². The molecule has 0 radical (unpaired) electrons. The van der Waals surface area contributed by atoms with Gasteiger partial charge < -0.3 is 10.6 Å². The molecule has 0 spiro atoms. The lowest BCUT2D eigenvalue weighted by Gasteiger charge is -2.09.